The minimum absolute atomic E-state index is 0.0977. The Kier molecular flexibility index (Phi) is 7.34. The van der Waals surface area contributed by atoms with Crippen LogP contribution in [-0.2, 0) is 5.41 Å². The molecule has 1 unspecified atom stereocenters. The quantitative estimate of drug-likeness (QED) is 0.175. The fraction of sp³-hybridized carbons (Fsp3) is 0.0714. The molecular weight excluding hydrogens is 715 g/mol. The van der Waals surface area contributed by atoms with Crippen LogP contribution in [0, 0.1) is 0 Å². The van der Waals surface area contributed by atoms with Gasteiger partial charge < -0.3 is 4.57 Å². The van der Waals surface area contributed by atoms with Crippen molar-refractivity contribution in [2.24, 2.45) is 0 Å². The van der Waals surface area contributed by atoms with Gasteiger partial charge in [-0.2, -0.15) is 0 Å². The van der Waals surface area contributed by atoms with Crippen molar-refractivity contribution in [3.8, 4) is 61.8 Å². The fourth-order valence-corrected chi connectivity index (χ4v) is 10.3. The van der Waals surface area contributed by atoms with Crippen LogP contribution in [-0.4, -0.2) is 14.5 Å². The van der Waals surface area contributed by atoms with Gasteiger partial charge in [-0.25, -0.2) is 9.97 Å². The summed E-state index contributed by atoms with van der Waals surface area (Å²) in [6.45, 7) is 4.84. The summed E-state index contributed by atoms with van der Waals surface area (Å²) in [6.07, 6.45) is 0. The number of aromatic nitrogens is 3. The van der Waals surface area contributed by atoms with Crippen LogP contribution in [0.2, 0.25) is 0 Å². The molecule has 2 heterocycles. The van der Waals surface area contributed by atoms with Crippen LogP contribution in [0.1, 0.15) is 47.6 Å². The topological polar surface area (TPSA) is 30.7 Å². The van der Waals surface area contributed by atoms with Crippen LogP contribution in [0.3, 0.4) is 0 Å². The number of nitrogens with zero attached hydrogens (tertiary/aromatic N) is 3. The van der Waals surface area contributed by atoms with Crippen molar-refractivity contribution in [3.05, 3.63) is 222 Å². The summed E-state index contributed by atoms with van der Waals surface area (Å²) in [6, 6.07) is 70.2. The molecule has 0 amide bonds. The van der Waals surface area contributed by atoms with E-state index in [1.165, 1.54) is 71.9 Å². The van der Waals surface area contributed by atoms with Crippen LogP contribution >= 0.6 is 0 Å². The van der Waals surface area contributed by atoms with Crippen molar-refractivity contribution in [3.63, 3.8) is 0 Å². The lowest BCUT2D eigenvalue weighted by molar-refractivity contribution is 0.664. The molecule has 8 aromatic carbocycles. The summed E-state index contributed by atoms with van der Waals surface area (Å²) in [5, 5.41) is 2.62. The lowest BCUT2D eigenvalue weighted by Crippen LogP contribution is -2.17. The van der Waals surface area contributed by atoms with Gasteiger partial charge in [-0.15, -0.1) is 0 Å². The second-order valence-electron chi connectivity index (χ2n) is 16.5. The van der Waals surface area contributed by atoms with E-state index in [9.17, 15) is 0 Å². The first-order chi connectivity index (χ1) is 29.1. The number of para-hydroxylation sites is 1. The zero-order valence-corrected chi connectivity index (χ0v) is 32.9. The largest absolute Gasteiger partial charge is 0.309 e. The van der Waals surface area contributed by atoms with Crippen LogP contribution in [0.4, 0.5) is 0 Å². The van der Waals surface area contributed by atoms with E-state index in [1.54, 1.807) is 0 Å². The molecule has 12 rings (SSSR count). The number of hydrogen-bond acceptors (Lipinski definition) is 2. The van der Waals surface area contributed by atoms with E-state index in [2.05, 4.69) is 200 Å². The van der Waals surface area contributed by atoms with Gasteiger partial charge in [0.2, 0.25) is 0 Å². The predicted molar refractivity (Wildman–Crippen MR) is 243 cm³/mol. The maximum Gasteiger partial charge on any atom is 0.160 e. The molecule has 0 saturated carbocycles. The van der Waals surface area contributed by atoms with Gasteiger partial charge in [-0.3, -0.25) is 0 Å². The minimum Gasteiger partial charge on any atom is -0.309 e. The first-order valence-electron chi connectivity index (χ1n) is 20.5. The first kappa shape index (κ1) is 33.7. The van der Waals surface area contributed by atoms with Gasteiger partial charge in [0, 0.05) is 44.5 Å². The monoisotopic (exact) mass is 753 g/mol. The molecule has 0 N–H and O–H groups in total. The Bertz CT molecular complexity index is 3210. The Morgan fingerprint density at radius 3 is 1.78 bits per heavy atom. The molecule has 1 atom stereocenters. The summed E-state index contributed by atoms with van der Waals surface area (Å²) < 4.78 is 2.54. The molecule has 0 fully saturated rings. The number of fused-ring (bicyclic) bond motifs is 12. The van der Waals surface area contributed by atoms with Crippen molar-refractivity contribution in [2.75, 3.05) is 0 Å². The highest BCUT2D eigenvalue weighted by Gasteiger charge is 2.45. The molecule has 59 heavy (non-hydrogen) atoms. The van der Waals surface area contributed by atoms with Gasteiger partial charge in [0.05, 0.1) is 22.4 Å². The molecule has 2 aliphatic carbocycles. The van der Waals surface area contributed by atoms with Crippen molar-refractivity contribution in [1.29, 1.82) is 0 Å². The maximum atomic E-state index is 5.16. The SMILES string of the molecule is CC1(C)c2ccccc2-c2c3c(c4c5ccccc5n(-c5ccc(-c6nc(-c7ccccc7)cc(-c7ccccc7)n6)cc5)c4c21)C(c1ccccc1)c1ccccc1-3. The van der Waals surface area contributed by atoms with Crippen LogP contribution in [0.15, 0.2) is 194 Å². The fourth-order valence-electron chi connectivity index (χ4n) is 10.3. The summed E-state index contributed by atoms with van der Waals surface area (Å²) in [7, 11) is 0. The highest BCUT2D eigenvalue weighted by molar-refractivity contribution is 6.20. The average molecular weight is 754 g/mol. The second kappa shape index (κ2) is 12.8. The van der Waals surface area contributed by atoms with Crippen molar-refractivity contribution >= 4 is 21.8 Å². The van der Waals surface area contributed by atoms with Crippen molar-refractivity contribution in [1.82, 2.24) is 14.5 Å². The standard InChI is InChI=1S/C56H39N3/c1-56(2)44-28-16-14-26-42(44)50-49-41-25-13-12-24-40(41)48(37-22-10-5-11-23-37)52(49)51-43-27-15-17-29-47(43)59(54(51)53(50)56)39-32-30-38(31-33-39)55-57-45(35-18-6-3-7-19-35)34-46(58-55)36-20-8-4-9-21-36/h3-34,48H,1-2H3. The zero-order chi connectivity index (χ0) is 39.2. The molecule has 278 valence electrons. The lowest BCUT2D eigenvalue weighted by atomic mass is 9.79. The van der Waals surface area contributed by atoms with E-state index < -0.39 is 0 Å². The molecule has 10 aromatic rings. The molecule has 0 spiro atoms. The maximum absolute atomic E-state index is 5.16. The summed E-state index contributed by atoms with van der Waals surface area (Å²) in [4.78, 5) is 10.3. The highest BCUT2D eigenvalue weighted by atomic mass is 15.0. The average Bonchev–Trinajstić information content (AvgIpc) is 3.90. The Balaban J connectivity index is 1.14. The smallest absolute Gasteiger partial charge is 0.160 e. The van der Waals surface area contributed by atoms with Gasteiger partial charge in [0.15, 0.2) is 5.82 Å². The van der Waals surface area contributed by atoms with E-state index in [1.807, 2.05) is 12.1 Å². The van der Waals surface area contributed by atoms with Crippen molar-refractivity contribution < 1.29 is 0 Å². The van der Waals surface area contributed by atoms with Crippen LogP contribution in [0.5, 0.6) is 0 Å². The third-order valence-corrected chi connectivity index (χ3v) is 12.9. The van der Waals surface area contributed by atoms with Crippen LogP contribution < -0.4 is 0 Å². The normalized spacial score (nSPS) is 14.6. The summed E-state index contributed by atoms with van der Waals surface area (Å²) in [5.41, 5.74) is 20.6. The molecule has 0 radical (unpaired) electrons. The second-order valence-corrected chi connectivity index (χ2v) is 16.5. The van der Waals surface area contributed by atoms with E-state index in [4.69, 9.17) is 9.97 Å². The molecule has 2 aliphatic rings. The molecule has 3 nitrogen and oxygen atoms in total. The highest BCUT2D eigenvalue weighted by Crippen LogP contribution is 2.63. The van der Waals surface area contributed by atoms with E-state index in [-0.39, 0.29) is 11.3 Å². The summed E-state index contributed by atoms with van der Waals surface area (Å²) >= 11 is 0. The Labute approximate surface area is 344 Å². The zero-order valence-electron chi connectivity index (χ0n) is 32.9. The van der Waals surface area contributed by atoms with Gasteiger partial charge in [0.25, 0.3) is 0 Å². The number of hydrogen-bond donors (Lipinski definition) is 0. The molecule has 0 bridgehead atoms. The molecule has 0 saturated heterocycles. The third-order valence-electron chi connectivity index (χ3n) is 12.9. The van der Waals surface area contributed by atoms with Crippen LogP contribution in [0.25, 0.3) is 83.6 Å². The third kappa shape index (κ3) is 4.95. The first-order valence-corrected chi connectivity index (χ1v) is 20.5. The summed E-state index contributed by atoms with van der Waals surface area (Å²) in [5.74, 6) is 0.804. The van der Waals surface area contributed by atoms with Gasteiger partial charge in [-0.1, -0.05) is 172 Å². The van der Waals surface area contributed by atoms with E-state index in [0.29, 0.717) is 5.82 Å². The predicted octanol–water partition coefficient (Wildman–Crippen LogP) is 14.0. The van der Waals surface area contributed by atoms with Gasteiger partial charge in [0.1, 0.15) is 0 Å². The number of benzene rings is 8. The Morgan fingerprint density at radius 1 is 0.508 bits per heavy atom. The van der Waals surface area contributed by atoms with Gasteiger partial charge >= 0.3 is 0 Å². The Hall–Kier alpha value is -7.36. The van der Waals surface area contributed by atoms with Crippen molar-refractivity contribution in [2.45, 2.75) is 25.2 Å². The Morgan fingerprint density at radius 2 is 1.08 bits per heavy atom. The molecule has 0 aliphatic heterocycles. The van der Waals surface area contributed by atoms with E-state index >= 15 is 0 Å². The minimum atomic E-state index is -0.245. The van der Waals surface area contributed by atoms with Gasteiger partial charge in [-0.05, 0) is 86.5 Å². The molecular formula is C56H39N3. The number of rotatable bonds is 5. The van der Waals surface area contributed by atoms with E-state index in [0.717, 1.165) is 33.8 Å². The molecule has 3 heteroatoms. The lowest BCUT2D eigenvalue weighted by Gasteiger charge is -2.25. The molecule has 2 aromatic heterocycles.